The molecule has 0 aliphatic carbocycles. The summed E-state index contributed by atoms with van der Waals surface area (Å²) in [4.78, 5) is 26.9. The van der Waals surface area contributed by atoms with Crippen LogP contribution >= 0.6 is 0 Å². The maximum absolute atomic E-state index is 13.3. The highest BCUT2D eigenvalue weighted by Crippen LogP contribution is 2.13. The number of hydrogen-bond acceptors (Lipinski definition) is 3. The lowest BCUT2D eigenvalue weighted by atomic mass is 10.1. The van der Waals surface area contributed by atoms with Crippen LogP contribution in [0.2, 0.25) is 0 Å². The Morgan fingerprint density at radius 3 is 2.35 bits per heavy atom. The van der Waals surface area contributed by atoms with Crippen molar-refractivity contribution in [1.29, 1.82) is 0 Å². The summed E-state index contributed by atoms with van der Waals surface area (Å²) >= 11 is 0. The van der Waals surface area contributed by atoms with Crippen LogP contribution in [-0.2, 0) is 4.79 Å². The normalized spacial score (nSPS) is 10.2. The van der Waals surface area contributed by atoms with E-state index in [1.54, 1.807) is 4.90 Å². The van der Waals surface area contributed by atoms with Crippen molar-refractivity contribution < 1.29 is 14.0 Å². The number of nitrogens with zero attached hydrogens (tertiary/aromatic N) is 2. The van der Waals surface area contributed by atoms with E-state index < -0.39 is 11.7 Å². The van der Waals surface area contributed by atoms with E-state index in [-0.39, 0.29) is 23.7 Å². The molecule has 0 atom stereocenters. The minimum absolute atomic E-state index is 0.0107. The molecule has 0 saturated heterocycles. The average molecular weight is 281 g/mol. The first kappa shape index (κ1) is 15.9. The number of benzene rings is 1. The number of hydrogen-bond donors (Lipinski definition) is 1. The number of rotatable bonds is 5. The number of carbonyl (C=O) groups excluding carboxylic acids is 2. The largest absolute Gasteiger partial charge is 0.396 e. The van der Waals surface area contributed by atoms with Crippen molar-refractivity contribution in [3.63, 3.8) is 0 Å². The van der Waals surface area contributed by atoms with Gasteiger partial charge in [0, 0.05) is 25.7 Å². The van der Waals surface area contributed by atoms with Crippen LogP contribution in [0.15, 0.2) is 18.2 Å². The first-order valence-electron chi connectivity index (χ1n) is 6.48. The zero-order valence-corrected chi connectivity index (χ0v) is 12.0. The van der Waals surface area contributed by atoms with Gasteiger partial charge in [-0.2, -0.15) is 0 Å². The number of nitrogens with two attached hydrogens (primary N) is 1. The van der Waals surface area contributed by atoms with Gasteiger partial charge in [0.15, 0.2) is 0 Å². The quantitative estimate of drug-likeness (QED) is 0.828. The highest BCUT2D eigenvalue weighted by Gasteiger charge is 2.18. The zero-order valence-electron chi connectivity index (χ0n) is 12.0. The number of nitrogen functional groups attached to an aromatic ring is 1. The van der Waals surface area contributed by atoms with E-state index >= 15 is 0 Å². The Kier molecular flexibility index (Phi) is 5.49. The molecule has 6 heteroatoms. The van der Waals surface area contributed by atoms with Gasteiger partial charge in [-0.3, -0.25) is 9.59 Å². The summed E-state index contributed by atoms with van der Waals surface area (Å²) in [5.74, 6) is -1.19. The SMILES string of the molecule is CCN(CC)C(=O)CN(C)C(=O)c1ccc(N)c(F)c1. The minimum atomic E-state index is -0.640. The van der Waals surface area contributed by atoms with Crippen LogP contribution in [0.3, 0.4) is 0 Å². The molecule has 1 aromatic carbocycles. The highest BCUT2D eigenvalue weighted by molar-refractivity contribution is 5.96. The molecule has 0 aliphatic heterocycles. The predicted octanol–water partition coefficient (Wildman–Crippen LogP) is 1.35. The van der Waals surface area contributed by atoms with E-state index in [9.17, 15) is 14.0 Å². The summed E-state index contributed by atoms with van der Waals surface area (Å²) in [6.07, 6.45) is 0. The Balaban J connectivity index is 2.76. The van der Waals surface area contributed by atoms with Gasteiger partial charge in [0.05, 0.1) is 12.2 Å². The Morgan fingerprint density at radius 2 is 1.85 bits per heavy atom. The predicted molar refractivity (Wildman–Crippen MR) is 75.7 cm³/mol. The maximum atomic E-state index is 13.3. The topological polar surface area (TPSA) is 66.6 Å². The van der Waals surface area contributed by atoms with E-state index in [1.807, 2.05) is 13.8 Å². The number of halogens is 1. The number of likely N-dealkylation sites (N-methyl/N-ethyl adjacent to an activating group) is 2. The lowest BCUT2D eigenvalue weighted by Crippen LogP contribution is -2.41. The van der Waals surface area contributed by atoms with Crippen LogP contribution in [0.25, 0.3) is 0 Å². The van der Waals surface area contributed by atoms with E-state index in [2.05, 4.69) is 0 Å². The van der Waals surface area contributed by atoms with E-state index in [4.69, 9.17) is 5.73 Å². The fourth-order valence-corrected chi connectivity index (χ4v) is 1.83. The highest BCUT2D eigenvalue weighted by atomic mass is 19.1. The molecule has 2 amide bonds. The summed E-state index contributed by atoms with van der Waals surface area (Å²) < 4.78 is 13.3. The van der Waals surface area contributed by atoms with Crippen molar-refractivity contribution in [2.24, 2.45) is 0 Å². The van der Waals surface area contributed by atoms with Gasteiger partial charge >= 0.3 is 0 Å². The van der Waals surface area contributed by atoms with Gasteiger partial charge in [0.1, 0.15) is 5.82 Å². The molecule has 0 aromatic heterocycles. The Morgan fingerprint density at radius 1 is 1.25 bits per heavy atom. The number of carbonyl (C=O) groups is 2. The third kappa shape index (κ3) is 3.69. The monoisotopic (exact) mass is 281 g/mol. The fraction of sp³-hybridized carbons (Fsp3) is 0.429. The van der Waals surface area contributed by atoms with Crippen LogP contribution in [-0.4, -0.2) is 48.3 Å². The smallest absolute Gasteiger partial charge is 0.254 e. The van der Waals surface area contributed by atoms with Crippen LogP contribution in [0.4, 0.5) is 10.1 Å². The number of amides is 2. The summed E-state index contributed by atoms with van der Waals surface area (Å²) in [5.41, 5.74) is 5.52. The molecule has 0 fully saturated rings. The van der Waals surface area contributed by atoms with Crippen molar-refractivity contribution >= 4 is 17.5 Å². The van der Waals surface area contributed by atoms with Crippen LogP contribution in [0.5, 0.6) is 0 Å². The second-order valence-corrected chi connectivity index (χ2v) is 4.46. The van der Waals surface area contributed by atoms with Crippen molar-refractivity contribution in [1.82, 2.24) is 9.80 Å². The molecular formula is C14H20FN3O2. The molecule has 0 bridgehead atoms. The van der Waals surface area contributed by atoms with Crippen molar-refractivity contribution in [3.05, 3.63) is 29.6 Å². The minimum Gasteiger partial charge on any atom is -0.396 e. The molecule has 5 nitrogen and oxygen atoms in total. The third-order valence-corrected chi connectivity index (χ3v) is 3.08. The summed E-state index contributed by atoms with van der Waals surface area (Å²) in [6, 6.07) is 3.86. The van der Waals surface area contributed by atoms with Gasteiger partial charge in [-0.05, 0) is 32.0 Å². The van der Waals surface area contributed by atoms with Gasteiger partial charge in [-0.15, -0.1) is 0 Å². The first-order valence-corrected chi connectivity index (χ1v) is 6.48. The van der Waals surface area contributed by atoms with Crippen molar-refractivity contribution in [3.8, 4) is 0 Å². The summed E-state index contributed by atoms with van der Waals surface area (Å²) in [6.45, 7) is 4.89. The molecule has 0 aliphatic rings. The molecule has 1 rings (SSSR count). The van der Waals surface area contributed by atoms with Crippen molar-refractivity contribution in [2.75, 3.05) is 32.4 Å². The van der Waals surface area contributed by atoms with Gasteiger partial charge in [-0.1, -0.05) is 0 Å². The molecule has 2 N–H and O–H groups in total. The molecular weight excluding hydrogens is 261 g/mol. The Labute approximate surface area is 118 Å². The molecule has 1 aromatic rings. The molecule has 0 saturated carbocycles. The van der Waals surface area contributed by atoms with E-state index in [0.29, 0.717) is 13.1 Å². The fourth-order valence-electron chi connectivity index (χ4n) is 1.83. The number of anilines is 1. The van der Waals surface area contributed by atoms with Gasteiger partial charge in [-0.25, -0.2) is 4.39 Å². The Bertz CT molecular complexity index is 501. The van der Waals surface area contributed by atoms with Crippen LogP contribution in [0.1, 0.15) is 24.2 Å². The molecule has 110 valence electrons. The second kappa shape index (κ2) is 6.88. The summed E-state index contributed by atoms with van der Waals surface area (Å²) in [7, 11) is 1.51. The van der Waals surface area contributed by atoms with Gasteiger partial charge in [0.25, 0.3) is 5.91 Å². The molecule has 0 spiro atoms. The van der Waals surface area contributed by atoms with Crippen molar-refractivity contribution in [2.45, 2.75) is 13.8 Å². The zero-order chi connectivity index (χ0) is 15.3. The molecule has 0 unspecified atom stereocenters. The first-order chi connectivity index (χ1) is 9.40. The third-order valence-electron chi connectivity index (χ3n) is 3.08. The molecule has 20 heavy (non-hydrogen) atoms. The lowest BCUT2D eigenvalue weighted by molar-refractivity contribution is -0.131. The van der Waals surface area contributed by atoms with Crippen LogP contribution < -0.4 is 5.73 Å². The average Bonchev–Trinajstić information content (AvgIpc) is 2.42. The van der Waals surface area contributed by atoms with E-state index in [1.165, 1.54) is 24.1 Å². The standard InChI is InChI=1S/C14H20FN3O2/c1-4-18(5-2)13(19)9-17(3)14(20)10-6-7-12(16)11(15)8-10/h6-8H,4-5,9,16H2,1-3H3. The van der Waals surface area contributed by atoms with E-state index in [0.717, 1.165) is 6.07 Å². The Hall–Kier alpha value is -2.11. The molecule has 0 heterocycles. The molecule has 0 radical (unpaired) electrons. The maximum Gasteiger partial charge on any atom is 0.254 e. The second-order valence-electron chi connectivity index (χ2n) is 4.46. The van der Waals surface area contributed by atoms with Crippen LogP contribution in [0, 0.1) is 5.82 Å². The lowest BCUT2D eigenvalue weighted by Gasteiger charge is -2.23. The summed E-state index contributed by atoms with van der Waals surface area (Å²) in [5, 5.41) is 0. The van der Waals surface area contributed by atoms with Gasteiger partial charge < -0.3 is 15.5 Å². The van der Waals surface area contributed by atoms with Gasteiger partial charge in [0.2, 0.25) is 5.91 Å².